The van der Waals surface area contributed by atoms with Gasteiger partial charge in [0.2, 0.25) is 0 Å². The summed E-state index contributed by atoms with van der Waals surface area (Å²) in [6.45, 7) is 1.83. The molecule has 3 rings (SSSR count). The van der Waals surface area contributed by atoms with Crippen LogP contribution in [0.2, 0.25) is 5.02 Å². The molecule has 3 aromatic rings. The van der Waals surface area contributed by atoms with Crippen molar-refractivity contribution in [2.24, 2.45) is 5.10 Å². The number of furan rings is 1. The third kappa shape index (κ3) is 5.87. The largest absolute Gasteiger partial charge is 0.494 e. The Balaban J connectivity index is 1.86. The fraction of sp³-hybridized carbons (Fsp3) is 0.143. The molecule has 0 aliphatic rings. The molecule has 2 aromatic carbocycles. The number of hydrazone groups is 1. The minimum atomic E-state index is -4.06. The lowest BCUT2D eigenvalue weighted by molar-refractivity contribution is -0.119. The van der Waals surface area contributed by atoms with Gasteiger partial charge in [0, 0.05) is 5.02 Å². The zero-order chi connectivity index (χ0) is 22.3. The fourth-order valence-electron chi connectivity index (χ4n) is 2.62. The molecule has 1 aromatic heterocycles. The number of nitrogens with one attached hydrogen (secondary N) is 1. The van der Waals surface area contributed by atoms with Crippen molar-refractivity contribution >= 4 is 39.4 Å². The van der Waals surface area contributed by atoms with Crippen LogP contribution in [0.1, 0.15) is 12.7 Å². The molecule has 0 aliphatic heterocycles. The molecular weight excluding hydrogens is 442 g/mol. The number of halogens is 1. The summed E-state index contributed by atoms with van der Waals surface area (Å²) in [5.41, 5.74) is 2.60. The minimum absolute atomic E-state index is 0.00216. The molecule has 31 heavy (non-hydrogen) atoms. The van der Waals surface area contributed by atoms with E-state index in [4.69, 9.17) is 20.8 Å². The average molecular weight is 462 g/mol. The molecule has 0 saturated heterocycles. The van der Waals surface area contributed by atoms with E-state index < -0.39 is 22.5 Å². The Kier molecular flexibility index (Phi) is 7.32. The van der Waals surface area contributed by atoms with Crippen molar-refractivity contribution in [2.75, 3.05) is 17.5 Å². The second-order valence-electron chi connectivity index (χ2n) is 6.20. The lowest BCUT2D eigenvalue weighted by atomic mass is 10.3. The van der Waals surface area contributed by atoms with Crippen molar-refractivity contribution in [1.29, 1.82) is 0 Å². The van der Waals surface area contributed by atoms with Crippen molar-refractivity contribution < 1.29 is 22.4 Å². The Morgan fingerprint density at radius 2 is 1.87 bits per heavy atom. The average Bonchev–Trinajstić information content (AvgIpc) is 3.27. The van der Waals surface area contributed by atoms with Gasteiger partial charge in [0.05, 0.1) is 29.7 Å². The number of anilines is 1. The van der Waals surface area contributed by atoms with Gasteiger partial charge < -0.3 is 9.15 Å². The van der Waals surface area contributed by atoms with E-state index in [1.807, 2.05) is 6.92 Å². The highest BCUT2D eigenvalue weighted by Crippen LogP contribution is 2.26. The maximum absolute atomic E-state index is 13.3. The maximum Gasteiger partial charge on any atom is 0.264 e. The van der Waals surface area contributed by atoms with Crippen molar-refractivity contribution in [3.05, 3.63) is 77.7 Å². The second kappa shape index (κ2) is 10.1. The molecule has 1 amide bonds. The fourth-order valence-corrected chi connectivity index (χ4v) is 4.17. The van der Waals surface area contributed by atoms with Crippen LogP contribution >= 0.6 is 11.6 Å². The summed E-state index contributed by atoms with van der Waals surface area (Å²) in [6.07, 6.45) is 2.78. The highest BCUT2D eigenvalue weighted by Gasteiger charge is 2.27. The van der Waals surface area contributed by atoms with Crippen molar-refractivity contribution in [3.8, 4) is 5.75 Å². The quantitative estimate of drug-likeness (QED) is 0.387. The molecule has 0 atom stereocenters. The third-order valence-electron chi connectivity index (χ3n) is 4.05. The van der Waals surface area contributed by atoms with Gasteiger partial charge in [-0.2, -0.15) is 5.10 Å². The summed E-state index contributed by atoms with van der Waals surface area (Å²) in [7, 11) is -4.06. The Hall–Kier alpha value is -3.30. The number of nitrogens with zero attached hydrogens (tertiary/aromatic N) is 2. The molecule has 8 nitrogen and oxygen atoms in total. The molecule has 0 aliphatic carbocycles. The summed E-state index contributed by atoms with van der Waals surface area (Å²) in [5, 5.41) is 4.19. The van der Waals surface area contributed by atoms with Gasteiger partial charge >= 0.3 is 0 Å². The van der Waals surface area contributed by atoms with E-state index >= 15 is 0 Å². The predicted molar refractivity (Wildman–Crippen MR) is 118 cm³/mol. The molecule has 0 bridgehead atoms. The molecule has 0 saturated carbocycles. The molecule has 0 spiro atoms. The van der Waals surface area contributed by atoms with Crippen molar-refractivity contribution in [2.45, 2.75) is 11.8 Å². The molecule has 1 N–H and O–H groups in total. The molecular formula is C21H20ClN3O5S. The number of ether oxygens (including phenoxy) is 1. The highest BCUT2D eigenvalue weighted by atomic mass is 35.5. The van der Waals surface area contributed by atoms with E-state index in [2.05, 4.69) is 10.5 Å². The minimum Gasteiger partial charge on any atom is -0.494 e. The maximum atomic E-state index is 13.3. The van der Waals surface area contributed by atoms with Crippen LogP contribution in [-0.2, 0) is 14.8 Å². The van der Waals surface area contributed by atoms with Gasteiger partial charge in [-0.1, -0.05) is 11.6 Å². The van der Waals surface area contributed by atoms with Gasteiger partial charge in [-0.15, -0.1) is 0 Å². The first kappa shape index (κ1) is 22.4. The second-order valence-corrected chi connectivity index (χ2v) is 8.50. The third-order valence-corrected chi connectivity index (χ3v) is 6.09. The molecule has 0 unspecified atom stereocenters. The summed E-state index contributed by atoms with van der Waals surface area (Å²) in [6, 6.07) is 15.4. The van der Waals surface area contributed by atoms with E-state index in [9.17, 15) is 13.2 Å². The Morgan fingerprint density at radius 1 is 1.16 bits per heavy atom. The van der Waals surface area contributed by atoms with Crippen LogP contribution in [0.25, 0.3) is 0 Å². The van der Waals surface area contributed by atoms with Gasteiger partial charge in [0.25, 0.3) is 15.9 Å². The smallest absolute Gasteiger partial charge is 0.264 e. The van der Waals surface area contributed by atoms with Crippen LogP contribution in [0.5, 0.6) is 5.75 Å². The zero-order valence-electron chi connectivity index (χ0n) is 16.6. The molecule has 0 fully saturated rings. The number of hydrogen-bond donors (Lipinski definition) is 1. The van der Waals surface area contributed by atoms with E-state index in [-0.39, 0.29) is 4.90 Å². The molecule has 162 valence electrons. The number of rotatable bonds is 9. The lowest BCUT2D eigenvalue weighted by Crippen LogP contribution is -2.39. The summed E-state index contributed by atoms with van der Waals surface area (Å²) in [5.74, 6) is 0.397. The van der Waals surface area contributed by atoms with Crippen LogP contribution in [0.4, 0.5) is 5.69 Å². The number of benzene rings is 2. The predicted octanol–water partition coefficient (Wildman–Crippen LogP) is 3.68. The normalized spacial score (nSPS) is 11.4. The number of amides is 1. The Bertz CT molecular complexity index is 1130. The van der Waals surface area contributed by atoms with Gasteiger partial charge in [-0.05, 0) is 67.6 Å². The van der Waals surface area contributed by atoms with Crippen molar-refractivity contribution in [3.63, 3.8) is 0 Å². The van der Waals surface area contributed by atoms with Gasteiger partial charge in [-0.25, -0.2) is 13.8 Å². The van der Waals surface area contributed by atoms with Crippen molar-refractivity contribution in [1.82, 2.24) is 5.43 Å². The standard InChI is InChI=1S/C21H20ClN3O5S/c1-2-29-18-9-7-17(8-10-18)25(31(27,28)20-11-5-16(22)6-12-20)15-21(26)24-23-14-19-4-3-13-30-19/h3-14H,2,15H2,1H3,(H,24,26)/b23-14+. The number of hydrogen-bond acceptors (Lipinski definition) is 6. The number of carbonyl (C=O) groups is 1. The van der Waals surface area contributed by atoms with E-state index in [1.54, 1.807) is 36.4 Å². The lowest BCUT2D eigenvalue weighted by Gasteiger charge is -2.24. The molecule has 1 heterocycles. The Labute approximate surface area is 185 Å². The zero-order valence-corrected chi connectivity index (χ0v) is 18.1. The monoisotopic (exact) mass is 461 g/mol. The van der Waals surface area contributed by atoms with Gasteiger partial charge in [-0.3, -0.25) is 9.10 Å². The van der Waals surface area contributed by atoms with Crippen LogP contribution in [-0.4, -0.2) is 33.7 Å². The summed E-state index contributed by atoms with van der Waals surface area (Å²) >= 11 is 5.88. The number of sulfonamides is 1. The van der Waals surface area contributed by atoms with Crippen LogP contribution < -0.4 is 14.5 Å². The van der Waals surface area contributed by atoms with E-state index in [0.29, 0.717) is 28.8 Å². The van der Waals surface area contributed by atoms with Crippen LogP contribution in [0, 0.1) is 0 Å². The first-order chi connectivity index (χ1) is 14.9. The first-order valence-electron chi connectivity index (χ1n) is 9.26. The molecule has 0 radical (unpaired) electrons. The Morgan fingerprint density at radius 3 is 2.48 bits per heavy atom. The number of carbonyl (C=O) groups excluding carboxylic acids is 1. The topological polar surface area (TPSA) is 101 Å². The molecule has 10 heteroatoms. The van der Waals surface area contributed by atoms with Gasteiger partial charge in [0.15, 0.2) is 0 Å². The van der Waals surface area contributed by atoms with Crippen LogP contribution in [0.15, 0.2) is 81.3 Å². The van der Waals surface area contributed by atoms with E-state index in [1.165, 1.54) is 36.7 Å². The van der Waals surface area contributed by atoms with E-state index in [0.717, 1.165) is 4.31 Å². The first-order valence-corrected chi connectivity index (χ1v) is 11.1. The van der Waals surface area contributed by atoms with Gasteiger partial charge in [0.1, 0.15) is 18.1 Å². The highest BCUT2D eigenvalue weighted by molar-refractivity contribution is 7.92. The summed E-state index contributed by atoms with van der Waals surface area (Å²) < 4.78 is 38.0. The van der Waals surface area contributed by atoms with Crippen LogP contribution in [0.3, 0.4) is 0 Å². The summed E-state index contributed by atoms with van der Waals surface area (Å²) in [4.78, 5) is 12.4. The SMILES string of the molecule is CCOc1ccc(N(CC(=O)N/N=C/c2ccco2)S(=O)(=O)c2ccc(Cl)cc2)cc1.